The highest BCUT2D eigenvalue weighted by Gasteiger charge is 2.50. The molecule has 0 amide bonds. The molecule has 4 atom stereocenters. The van der Waals surface area contributed by atoms with Gasteiger partial charge in [-0.25, -0.2) is 13.8 Å². The number of anilines is 2. The summed E-state index contributed by atoms with van der Waals surface area (Å²) < 4.78 is 29.6. The zero-order chi connectivity index (χ0) is 20.5. The van der Waals surface area contributed by atoms with Gasteiger partial charge in [-0.05, 0) is 43.9 Å². The second-order valence-electron chi connectivity index (χ2n) is 9.06. The van der Waals surface area contributed by atoms with Gasteiger partial charge in [-0.1, -0.05) is 0 Å². The summed E-state index contributed by atoms with van der Waals surface area (Å²) in [4.78, 5) is 20.0. The normalized spacial score (nSPS) is 31.5. The molecule has 2 bridgehead atoms. The fraction of sp³-hybridized carbons (Fsp3) is 0.667. The van der Waals surface area contributed by atoms with Crippen molar-refractivity contribution in [1.29, 1.82) is 5.26 Å². The average Bonchev–Trinajstić information content (AvgIpc) is 3.00. The summed E-state index contributed by atoms with van der Waals surface area (Å²) in [5.74, 6) is -2.09. The van der Waals surface area contributed by atoms with Gasteiger partial charge in [-0.15, -0.1) is 0 Å². The molecule has 1 N–H and O–H groups in total. The van der Waals surface area contributed by atoms with Crippen molar-refractivity contribution < 1.29 is 18.7 Å². The Morgan fingerprint density at radius 2 is 2.07 bits per heavy atom. The molecule has 3 saturated heterocycles. The molecule has 1 aromatic heterocycles. The van der Waals surface area contributed by atoms with E-state index in [9.17, 15) is 18.8 Å². The topological polar surface area (TPSA) is 80.5 Å². The lowest BCUT2D eigenvalue weighted by molar-refractivity contribution is -0.141. The number of rotatable bonds is 4. The fourth-order valence-electron chi connectivity index (χ4n) is 5.75. The van der Waals surface area contributed by atoms with Gasteiger partial charge in [-0.2, -0.15) is 5.26 Å². The summed E-state index contributed by atoms with van der Waals surface area (Å²) in [6.07, 6.45) is 2.07. The predicted molar refractivity (Wildman–Crippen MR) is 102 cm³/mol. The largest absolute Gasteiger partial charge is 0.481 e. The smallest absolute Gasteiger partial charge is 0.303 e. The van der Waals surface area contributed by atoms with Crippen LogP contribution in [0.1, 0.15) is 49.3 Å². The number of nitrogens with zero attached hydrogens (tertiary/aromatic N) is 4. The van der Waals surface area contributed by atoms with Crippen molar-refractivity contribution in [2.75, 3.05) is 29.4 Å². The number of carboxylic acids is 1. The molecule has 8 heteroatoms. The Hall–Kier alpha value is -2.43. The minimum absolute atomic E-state index is 0.0312. The molecule has 0 aromatic carbocycles. The lowest BCUT2D eigenvalue weighted by atomic mass is 9.60. The first kappa shape index (κ1) is 18.6. The maximum atomic E-state index is 14.8. The Bertz CT molecular complexity index is 916. The van der Waals surface area contributed by atoms with Crippen LogP contribution in [0.15, 0.2) is 0 Å². The third kappa shape index (κ3) is 2.70. The van der Waals surface area contributed by atoms with E-state index >= 15 is 0 Å². The van der Waals surface area contributed by atoms with E-state index in [1.807, 2.05) is 17.9 Å². The number of hydrogen-bond donors (Lipinski definition) is 1. The van der Waals surface area contributed by atoms with Crippen LogP contribution in [-0.2, 0) is 17.1 Å². The molecule has 1 saturated carbocycles. The Morgan fingerprint density at radius 3 is 2.62 bits per heavy atom. The van der Waals surface area contributed by atoms with Gasteiger partial charge in [0.1, 0.15) is 23.3 Å². The third-order valence-corrected chi connectivity index (χ3v) is 7.45. The molecule has 3 aliphatic heterocycles. The monoisotopic (exact) mass is 402 g/mol. The van der Waals surface area contributed by atoms with Crippen molar-refractivity contribution >= 4 is 17.6 Å². The number of alkyl halides is 2. The van der Waals surface area contributed by atoms with Crippen molar-refractivity contribution in [3.05, 3.63) is 16.7 Å². The summed E-state index contributed by atoms with van der Waals surface area (Å²) >= 11 is 0. The first-order valence-electron chi connectivity index (χ1n) is 10.4. The van der Waals surface area contributed by atoms with E-state index in [-0.39, 0.29) is 54.2 Å². The summed E-state index contributed by atoms with van der Waals surface area (Å²) in [5.41, 5.74) is 0.420. The highest BCUT2D eigenvalue weighted by atomic mass is 19.3. The van der Waals surface area contributed by atoms with Crippen LogP contribution in [0.2, 0.25) is 0 Å². The summed E-state index contributed by atoms with van der Waals surface area (Å²) in [5, 5.41) is 18.9. The molecule has 154 valence electrons. The zero-order valence-corrected chi connectivity index (χ0v) is 16.4. The fourth-order valence-corrected chi connectivity index (χ4v) is 5.75. The number of aromatic nitrogens is 1. The lowest BCUT2D eigenvalue weighted by Gasteiger charge is -2.54. The average molecular weight is 402 g/mol. The molecule has 4 fully saturated rings. The quantitative estimate of drug-likeness (QED) is 0.834. The van der Waals surface area contributed by atoms with Gasteiger partial charge < -0.3 is 14.9 Å². The van der Waals surface area contributed by atoms with Crippen LogP contribution in [0.25, 0.3) is 0 Å². The van der Waals surface area contributed by atoms with Gasteiger partial charge in [0.15, 0.2) is 0 Å². The number of nitriles is 1. The first-order valence-corrected chi connectivity index (χ1v) is 10.4. The molecule has 1 aromatic rings. The number of aliphatic carboxylic acids is 1. The van der Waals surface area contributed by atoms with Gasteiger partial charge in [0, 0.05) is 49.6 Å². The molecule has 4 heterocycles. The first-order chi connectivity index (χ1) is 13.8. The Morgan fingerprint density at radius 1 is 1.34 bits per heavy atom. The minimum Gasteiger partial charge on any atom is -0.481 e. The lowest BCUT2D eigenvalue weighted by Crippen LogP contribution is -2.56. The maximum absolute atomic E-state index is 14.8. The van der Waals surface area contributed by atoms with Crippen LogP contribution in [0.3, 0.4) is 0 Å². The van der Waals surface area contributed by atoms with Crippen molar-refractivity contribution in [2.45, 2.75) is 51.0 Å². The van der Waals surface area contributed by atoms with Gasteiger partial charge >= 0.3 is 5.97 Å². The van der Waals surface area contributed by atoms with E-state index < -0.39 is 11.9 Å². The van der Waals surface area contributed by atoms with Crippen LogP contribution < -0.4 is 9.80 Å². The minimum atomic E-state index is -3.01. The number of halogens is 2. The van der Waals surface area contributed by atoms with Gasteiger partial charge in [0.05, 0.1) is 0 Å². The van der Waals surface area contributed by atoms with Crippen LogP contribution in [-0.4, -0.2) is 41.7 Å². The highest BCUT2D eigenvalue weighted by molar-refractivity contribution is 5.71. The second-order valence-corrected chi connectivity index (χ2v) is 9.06. The number of pyridine rings is 1. The SMILES string of the molecule is C[C@H]1CCN1c1nc(N2C[C@H]3C[C@@H](C2)[C@@H]3CC(=O)O)c2c(c1C#N)C(F)(F)CC2. The maximum Gasteiger partial charge on any atom is 0.303 e. The zero-order valence-electron chi connectivity index (χ0n) is 16.4. The van der Waals surface area contributed by atoms with Crippen molar-refractivity contribution in [3.63, 3.8) is 0 Å². The molecule has 6 rings (SSSR count). The van der Waals surface area contributed by atoms with E-state index in [2.05, 4.69) is 4.90 Å². The Kier molecular flexibility index (Phi) is 4.03. The molecular formula is C21H24F2N4O2. The molecular weight excluding hydrogens is 378 g/mol. The number of piperidine rings is 2. The van der Waals surface area contributed by atoms with Gasteiger partial charge in [-0.3, -0.25) is 4.79 Å². The van der Waals surface area contributed by atoms with E-state index in [0.717, 1.165) is 19.4 Å². The van der Waals surface area contributed by atoms with Crippen molar-refractivity contribution in [1.82, 2.24) is 4.98 Å². The van der Waals surface area contributed by atoms with E-state index in [0.29, 0.717) is 30.3 Å². The van der Waals surface area contributed by atoms with Crippen molar-refractivity contribution in [3.8, 4) is 6.07 Å². The number of hydrogen-bond acceptors (Lipinski definition) is 5. The van der Waals surface area contributed by atoms with Gasteiger partial charge in [0.2, 0.25) is 0 Å². The molecule has 6 nitrogen and oxygen atoms in total. The Labute approximate surface area is 168 Å². The summed E-state index contributed by atoms with van der Waals surface area (Å²) in [6, 6.07) is 2.22. The third-order valence-electron chi connectivity index (χ3n) is 7.45. The Balaban J connectivity index is 1.55. The van der Waals surface area contributed by atoms with Crippen molar-refractivity contribution in [2.24, 2.45) is 17.8 Å². The summed E-state index contributed by atoms with van der Waals surface area (Å²) in [7, 11) is 0. The van der Waals surface area contributed by atoms with Crippen LogP contribution >= 0.6 is 0 Å². The number of carbonyl (C=O) groups is 1. The van der Waals surface area contributed by atoms with E-state index in [1.165, 1.54) is 0 Å². The van der Waals surface area contributed by atoms with Crippen LogP contribution in [0.4, 0.5) is 20.4 Å². The van der Waals surface area contributed by atoms with Crippen LogP contribution in [0, 0.1) is 29.1 Å². The highest BCUT2D eigenvalue weighted by Crippen LogP contribution is 2.52. The van der Waals surface area contributed by atoms with E-state index in [1.54, 1.807) is 0 Å². The van der Waals surface area contributed by atoms with E-state index in [4.69, 9.17) is 10.1 Å². The number of fused-ring (bicyclic) bond motifs is 3. The molecule has 2 aliphatic carbocycles. The second kappa shape index (κ2) is 6.28. The van der Waals surface area contributed by atoms with Gasteiger partial charge in [0.25, 0.3) is 5.92 Å². The molecule has 5 aliphatic rings. The molecule has 29 heavy (non-hydrogen) atoms. The standard InChI is InChI=1S/C21H24F2N4O2/c1-11-3-5-27(11)20-16(8-24)18-14(2-4-21(18,22)23)19(25-20)26-9-12-6-13(10-26)15(12)7-17(28)29/h11-13,15H,2-7,9-10H2,1H3,(H,28,29)/t11-,12-,13+,15-/m0/s1. The molecule has 0 radical (unpaired) electrons. The number of carboxylic acid groups (broad SMARTS) is 1. The summed E-state index contributed by atoms with van der Waals surface area (Å²) in [6.45, 7) is 4.04. The molecule has 0 unspecified atom stereocenters. The molecule has 0 spiro atoms. The van der Waals surface area contributed by atoms with Crippen LogP contribution in [0.5, 0.6) is 0 Å². The predicted octanol–water partition coefficient (Wildman–Crippen LogP) is 3.14.